The van der Waals surface area contributed by atoms with E-state index in [1.54, 1.807) is 18.4 Å². The molecule has 2 N–H and O–H groups in total. The summed E-state index contributed by atoms with van der Waals surface area (Å²) >= 11 is 0. The fourth-order valence-corrected chi connectivity index (χ4v) is 3.76. The second-order valence-corrected chi connectivity index (χ2v) is 6.89. The van der Waals surface area contributed by atoms with E-state index in [0.29, 0.717) is 12.1 Å². The quantitative estimate of drug-likeness (QED) is 0.730. The van der Waals surface area contributed by atoms with Gasteiger partial charge in [-0.3, -0.25) is 4.79 Å². The predicted octanol–water partition coefficient (Wildman–Crippen LogP) is 2.53. The second-order valence-electron chi connectivity index (χ2n) is 6.89. The molecule has 4 rings (SSSR count). The number of fused-ring (bicyclic) bond motifs is 1. The Morgan fingerprint density at radius 2 is 1.96 bits per heavy atom. The van der Waals surface area contributed by atoms with Gasteiger partial charge < -0.3 is 14.6 Å². The lowest BCUT2D eigenvalue weighted by molar-refractivity contribution is -0.946. The van der Waals surface area contributed by atoms with Crippen molar-refractivity contribution in [2.24, 2.45) is 0 Å². The van der Waals surface area contributed by atoms with Gasteiger partial charge in [-0.1, -0.05) is 30.3 Å². The number of amides is 1. The van der Waals surface area contributed by atoms with Gasteiger partial charge in [-0.15, -0.1) is 0 Å². The van der Waals surface area contributed by atoms with E-state index in [2.05, 4.69) is 29.6 Å². The zero-order valence-corrected chi connectivity index (χ0v) is 15.0. The highest BCUT2D eigenvalue weighted by Crippen LogP contribution is 2.16. The first-order chi connectivity index (χ1) is 13.2. The van der Waals surface area contributed by atoms with Crippen molar-refractivity contribution in [1.82, 2.24) is 5.32 Å². The largest absolute Gasteiger partial charge is 0.463 e. The summed E-state index contributed by atoms with van der Waals surface area (Å²) in [4.78, 5) is 13.8. The Hall–Kier alpha value is -2.92. The summed E-state index contributed by atoms with van der Waals surface area (Å²) in [5.41, 5.74) is 3.06. The van der Waals surface area contributed by atoms with Crippen molar-refractivity contribution in [2.75, 3.05) is 13.1 Å². The van der Waals surface area contributed by atoms with Crippen LogP contribution in [0.15, 0.2) is 71.3 Å². The predicted molar refractivity (Wildman–Crippen MR) is 99.9 cm³/mol. The summed E-state index contributed by atoms with van der Waals surface area (Å²) in [5, 5.41) is 2.95. The van der Waals surface area contributed by atoms with Crippen LogP contribution >= 0.6 is 0 Å². The van der Waals surface area contributed by atoms with Gasteiger partial charge in [0.15, 0.2) is 11.8 Å². The summed E-state index contributed by atoms with van der Waals surface area (Å²) < 4.78 is 19.0. The SMILES string of the molecule is O=C(NC[C@@H](c1ccco1)[NH+]1CCc2ccccc2C1)c1cccc(F)c1. The number of nitrogens with one attached hydrogen (secondary N) is 2. The van der Waals surface area contributed by atoms with Crippen LogP contribution in [-0.4, -0.2) is 19.0 Å². The van der Waals surface area contributed by atoms with Crippen LogP contribution in [-0.2, 0) is 13.0 Å². The molecule has 1 amide bonds. The first kappa shape index (κ1) is 17.5. The molecule has 2 atom stereocenters. The number of furan rings is 1. The topological polar surface area (TPSA) is 46.7 Å². The van der Waals surface area contributed by atoms with E-state index in [1.165, 1.54) is 28.2 Å². The van der Waals surface area contributed by atoms with Crippen LogP contribution in [0.3, 0.4) is 0 Å². The molecule has 2 heterocycles. The fourth-order valence-electron chi connectivity index (χ4n) is 3.76. The van der Waals surface area contributed by atoms with Crippen LogP contribution < -0.4 is 10.2 Å². The average molecular weight is 365 g/mol. The minimum Gasteiger partial charge on any atom is -0.463 e. The third-order valence-electron chi connectivity index (χ3n) is 5.18. The minimum atomic E-state index is -0.413. The number of hydrogen-bond donors (Lipinski definition) is 2. The maximum Gasteiger partial charge on any atom is 0.251 e. The summed E-state index contributed by atoms with van der Waals surface area (Å²) in [5.74, 6) is 0.162. The Labute approximate surface area is 157 Å². The number of carbonyl (C=O) groups excluding carboxylic acids is 1. The highest BCUT2D eigenvalue weighted by Gasteiger charge is 2.30. The van der Waals surface area contributed by atoms with Crippen LogP contribution in [0.2, 0.25) is 0 Å². The lowest BCUT2D eigenvalue weighted by atomic mass is 9.98. The number of benzene rings is 2. The van der Waals surface area contributed by atoms with Gasteiger partial charge >= 0.3 is 0 Å². The van der Waals surface area contributed by atoms with Crippen molar-refractivity contribution in [1.29, 1.82) is 0 Å². The Kier molecular flexibility index (Phi) is 5.03. The summed E-state index contributed by atoms with van der Waals surface area (Å²) in [7, 11) is 0. The molecule has 0 aliphatic carbocycles. The molecule has 1 aliphatic rings. The van der Waals surface area contributed by atoms with E-state index < -0.39 is 5.82 Å². The van der Waals surface area contributed by atoms with E-state index in [-0.39, 0.29) is 11.9 Å². The maximum atomic E-state index is 13.4. The maximum absolute atomic E-state index is 13.4. The average Bonchev–Trinajstić information content (AvgIpc) is 3.22. The Morgan fingerprint density at radius 1 is 1.11 bits per heavy atom. The van der Waals surface area contributed by atoms with E-state index in [1.807, 2.05) is 12.1 Å². The van der Waals surface area contributed by atoms with Gasteiger partial charge in [0.25, 0.3) is 5.91 Å². The first-order valence-corrected chi connectivity index (χ1v) is 9.19. The molecule has 3 aromatic rings. The third kappa shape index (κ3) is 3.93. The van der Waals surface area contributed by atoms with Gasteiger partial charge in [-0.2, -0.15) is 0 Å². The molecule has 0 fully saturated rings. The Bertz CT molecular complexity index is 924. The van der Waals surface area contributed by atoms with Gasteiger partial charge in [0, 0.05) is 17.5 Å². The molecule has 138 valence electrons. The molecular weight excluding hydrogens is 343 g/mol. The molecule has 27 heavy (non-hydrogen) atoms. The van der Waals surface area contributed by atoms with Crippen molar-refractivity contribution in [2.45, 2.75) is 19.0 Å². The molecule has 1 aliphatic heterocycles. The first-order valence-electron chi connectivity index (χ1n) is 9.19. The highest BCUT2D eigenvalue weighted by atomic mass is 19.1. The van der Waals surface area contributed by atoms with Crippen molar-refractivity contribution in [3.8, 4) is 0 Å². The number of hydrogen-bond acceptors (Lipinski definition) is 2. The zero-order valence-electron chi connectivity index (χ0n) is 15.0. The number of quaternary nitrogens is 1. The molecule has 1 aromatic heterocycles. The van der Waals surface area contributed by atoms with Crippen molar-refractivity contribution < 1.29 is 18.5 Å². The molecule has 2 aromatic carbocycles. The molecule has 1 unspecified atom stereocenters. The molecular formula is C22H22FN2O2+. The standard InChI is InChI=1S/C22H21FN2O2/c23-19-8-3-7-17(13-19)22(26)24-14-20(21-9-4-12-27-21)25-11-10-16-5-1-2-6-18(16)15-25/h1-9,12-13,20H,10-11,14-15H2,(H,24,26)/p+1/t20-/m0/s1. The monoisotopic (exact) mass is 365 g/mol. The van der Waals surface area contributed by atoms with E-state index in [0.717, 1.165) is 25.3 Å². The van der Waals surface area contributed by atoms with Crippen molar-refractivity contribution >= 4 is 5.91 Å². The van der Waals surface area contributed by atoms with Crippen LogP contribution in [0.4, 0.5) is 4.39 Å². The van der Waals surface area contributed by atoms with E-state index in [4.69, 9.17) is 4.42 Å². The summed E-state index contributed by atoms with van der Waals surface area (Å²) in [6.45, 7) is 2.29. The van der Waals surface area contributed by atoms with Gasteiger partial charge in [0.2, 0.25) is 0 Å². The second kappa shape index (κ2) is 7.76. The van der Waals surface area contributed by atoms with Gasteiger partial charge in [0.1, 0.15) is 12.4 Å². The molecule has 4 nitrogen and oxygen atoms in total. The minimum absolute atomic E-state index is 0.00543. The van der Waals surface area contributed by atoms with Crippen LogP contribution in [0.5, 0.6) is 0 Å². The lowest BCUT2D eigenvalue weighted by Gasteiger charge is -2.31. The molecule has 0 spiro atoms. The number of halogens is 1. The number of carbonyl (C=O) groups is 1. The zero-order chi connectivity index (χ0) is 18.6. The molecule has 0 bridgehead atoms. The van der Waals surface area contributed by atoms with E-state index in [9.17, 15) is 9.18 Å². The molecule has 0 saturated carbocycles. The third-order valence-corrected chi connectivity index (χ3v) is 5.18. The van der Waals surface area contributed by atoms with Crippen molar-refractivity contribution in [3.05, 3.63) is 95.2 Å². The van der Waals surface area contributed by atoms with Crippen LogP contribution in [0.1, 0.15) is 33.3 Å². The smallest absolute Gasteiger partial charge is 0.251 e. The van der Waals surface area contributed by atoms with Crippen LogP contribution in [0, 0.1) is 5.82 Å². The summed E-state index contributed by atoms with van der Waals surface area (Å²) in [6.07, 6.45) is 2.66. The van der Waals surface area contributed by atoms with Gasteiger partial charge in [0.05, 0.1) is 19.4 Å². The molecule has 5 heteroatoms. The van der Waals surface area contributed by atoms with Gasteiger partial charge in [-0.05, 0) is 35.9 Å². The fraction of sp³-hybridized carbons (Fsp3) is 0.227. The Morgan fingerprint density at radius 3 is 2.74 bits per heavy atom. The normalized spacial score (nSPS) is 17.1. The Balaban J connectivity index is 1.50. The van der Waals surface area contributed by atoms with Crippen molar-refractivity contribution in [3.63, 3.8) is 0 Å². The van der Waals surface area contributed by atoms with Crippen LogP contribution in [0.25, 0.3) is 0 Å². The summed E-state index contributed by atoms with van der Waals surface area (Å²) in [6, 6.07) is 18.1. The lowest BCUT2D eigenvalue weighted by Crippen LogP contribution is -3.12. The number of rotatable bonds is 5. The highest BCUT2D eigenvalue weighted by molar-refractivity contribution is 5.94. The van der Waals surface area contributed by atoms with Gasteiger partial charge in [-0.25, -0.2) is 4.39 Å². The molecule has 0 radical (unpaired) electrons. The molecule has 0 saturated heterocycles. The van der Waals surface area contributed by atoms with E-state index >= 15 is 0 Å².